The fourth-order valence-corrected chi connectivity index (χ4v) is 4.01. The van der Waals surface area contributed by atoms with E-state index in [9.17, 15) is 4.79 Å². The molecule has 1 atom stereocenters. The van der Waals surface area contributed by atoms with Crippen LogP contribution in [0.5, 0.6) is 5.75 Å². The van der Waals surface area contributed by atoms with Gasteiger partial charge in [-0.05, 0) is 49.2 Å². The number of fused-ring (bicyclic) bond motifs is 1. The number of anilines is 1. The quantitative estimate of drug-likeness (QED) is 0.728. The van der Waals surface area contributed by atoms with E-state index in [1.807, 2.05) is 24.3 Å². The molecule has 8 heteroatoms. The maximum absolute atomic E-state index is 12.5. The van der Waals surface area contributed by atoms with Crippen molar-refractivity contribution in [2.45, 2.75) is 12.8 Å². The number of ether oxygens (including phenoxy) is 1. The lowest BCUT2D eigenvalue weighted by atomic mass is 9.96. The van der Waals surface area contributed by atoms with Crippen LogP contribution in [0.2, 0.25) is 5.02 Å². The van der Waals surface area contributed by atoms with Crippen molar-refractivity contribution < 1.29 is 9.53 Å². The first-order chi connectivity index (χ1) is 14.2. The van der Waals surface area contributed by atoms with Gasteiger partial charge in [0.25, 0.3) is 0 Å². The van der Waals surface area contributed by atoms with Gasteiger partial charge in [0, 0.05) is 50.1 Å². The zero-order valence-corrected chi connectivity index (χ0v) is 17.1. The molecule has 0 saturated carbocycles. The maximum atomic E-state index is 12.5. The average Bonchev–Trinajstić information content (AvgIpc) is 2.77. The number of nitrogens with zero attached hydrogens (tertiary/aromatic N) is 4. The number of aromatic nitrogens is 2. The normalized spacial score (nSPS) is 19.3. The predicted molar refractivity (Wildman–Crippen MR) is 112 cm³/mol. The molecule has 1 N–H and O–H groups in total. The third-order valence-electron chi connectivity index (χ3n) is 5.46. The minimum Gasteiger partial charge on any atom is -0.492 e. The van der Waals surface area contributed by atoms with Gasteiger partial charge in [-0.25, -0.2) is 9.97 Å². The molecule has 2 aromatic rings. The van der Waals surface area contributed by atoms with Gasteiger partial charge in [0.2, 0.25) is 11.9 Å². The molecule has 1 saturated heterocycles. The highest BCUT2D eigenvalue weighted by atomic mass is 35.5. The second-order valence-electron chi connectivity index (χ2n) is 7.49. The van der Waals surface area contributed by atoms with Crippen molar-refractivity contribution in [2.24, 2.45) is 5.92 Å². The van der Waals surface area contributed by atoms with Crippen LogP contribution < -0.4 is 15.0 Å². The second kappa shape index (κ2) is 9.41. The van der Waals surface area contributed by atoms with Crippen molar-refractivity contribution in [1.82, 2.24) is 20.2 Å². The maximum Gasteiger partial charge on any atom is 0.226 e. The molecule has 3 heterocycles. The molecule has 2 aliphatic heterocycles. The van der Waals surface area contributed by atoms with Gasteiger partial charge in [-0.1, -0.05) is 11.6 Å². The molecule has 1 fully saturated rings. The molecule has 0 radical (unpaired) electrons. The summed E-state index contributed by atoms with van der Waals surface area (Å²) in [5.74, 6) is 1.53. The number of amides is 1. The number of halogens is 1. The van der Waals surface area contributed by atoms with Crippen molar-refractivity contribution in [2.75, 3.05) is 50.8 Å². The summed E-state index contributed by atoms with van der Waals surface area (Å²) in [7, 11) is 0. The summed E-state index contributed by atoms with van der Waals surface area (Å²) in [5.41, 5.74) is 1.00. The molecule has 1 unspecified atom stereocenters. The van der Waals surface area contributed by atoms with E-state index in [1.54, 1.807) is 12.4 Å². The summed E-state index contributed by atoms with van der Waals surface area (Å²) in [6.07, 6.45) is 5.17. The van der Waals surface area contributed by atoms with Gasteiger partial charge in [-0.15, -0.1) is 0 Å². The Morgan fingerprint density at radius 3 is 2.79 bits per heavy atom. The first-order valence-corrected chi connectivity index (χ1v) is 10.5. The molecule has 2 aliphatic rings. The lowest BCUT2D eigenvalue weighted by Gasteiger charge is -2.34. The molecule has 29 heavy (non-hydrogen) atoms. The molecule has 0 aliphatic carbocycles. The molecule has 7 nitrogen and oxygen atoms in total. The lowest BCUT2D eigenvalue weighted by Crippen LogP contribution is -2.47. The molecule has 0 bridgehead atoms. The van der Waals surface area contributed by atoms with E-state index < -0.39 is 0 Å². The van der Waals surface area contributed by atoms with Gasteiger partial charge in [0.05, 0.1) is 5.92 Å². The number of carbonyl (C=O) groups is 1. The van der Waals surface area contributed by atoms with E-state index in [1.165, 1.54) is 0 Å². The molecule has 1 aromatic heterocycles. The highest BCUT2D eigenvalue weighted by Crippen LogP contribution is 2.29. The number of hydrogen-bond acceptors (Lipinski definition) is 6. The first kappa shape index (κ1) is 19.9. The fourth-order valence-electron chi connectivity index (χ4n) is 3.82. The Hall–Kier alpha value is -2.38. The van der Waals surface area contributed by atoms with Crippen LogP contribution in [0.4, 0.5) is 5.95 Å². The van der Waals surface area contributed by atoms with Crippen LogP contribution in [0.1, 0.15) is 12.0 Å². The SMILES string of the molecule is O=C(NCCCN1CCN(c2ncccn2)CC1)C1COc2ccc(Cl)cc2C1. The van der Waals surface area contributed by atoms with Crippen molar-refractivity contribution in [3.05, 3.63) is 47.2 Å². The third-order valence-corrected chi connectivity index (χ3v) is 5.69. The molecule has 0 spiro atoms. The Bertz CT molecular complexity index is 827. The lowest BCUT2D eigenvalue weighted by molar-refractivity contribution is -0.126. The Kier molecular flexibility index (Phi) is 6.46. The van der Waals surface area contributed by atoms with Crippen molar-refractivity contribution in [1.29, 1.82) is 0 Å². The van der Waals surface area contributed by atoms with Gasteiger partial charge >= 0.3 is 0 Å². The van der Waals surface area contributed by atoms with Gasteiger partial charge in [-0.2, -0.15) is 0 Å². The van der Waals surface area contributed by atoms with E-state index in [0.29, 0.717) is 24.6 Å². The molecule has 1 aromatic carbocycles. The van der Waals surface area contributed by atoms with E-state index in [4.69, 9.17) is 16.3 Å². The fraction of sp³-hybridized carbons (Fsp3) is 0.476. The van der Waals surface area contributed by atoms with Crippen LogP contribution in [0.3, 0.4) is 0 Å². The molecular weight excluding hydrogens is 390 g/mol. The molecule has 154 valence electrons. The Morgan fingerprint density at radius 2 is 2.00 bits per heavy atom. The number of hydrogen-bond donors (Lipinski definition) is 1. The van der Waals surface area contributed by atoms with Crippen LogP contribution in [-0.2, 0) is 11.2 Å². The van der Waals surface area contributed by atoms with Crippen LogP contribution >= 0.6 is 11.6 Å². The zero-order chi connectivity index (χ0) is 20.1. The van der Waals surface area contributed by atoms with Gasteiger partial charge < -0.3 is 15.0 Å². The Morgan fingerprint density at radius 1 is 1.21 bits per heavy atom. The highest BCUT2D eigenvalue weighted by Gasteiger charge is 2.26. The second-order valence-corrected chi connectivity index (χ2v) is 7.92. The summed E-state index contributed by atoms with van der Waals surface area (Å²) in [6.45, 7) is 5.91. The van der Waals surface area contributed by atoms with Gasteiger partial charge in [-0.3, -0.25) is 9.69 Å². The van der Waals surface area contributed by atoms with Gasteiger partial charge in [0.15, 0.2) is 0 Å². The predicted octanol–water partition coefficient (Wildman–Crippen LogP) is 2.01. The summed E-state index contributed by atoms with van der Waals surface area (Å²) in [4.78, 5) is 25.8. The van der Waals surface area contributed by atoms with E-state index >= 15 is 0 Å². The topological polar surface area (TPSA) is 70.6 Å². The van der Waals surface area contributed by atoms with Crippen molar-refractivity contribution >= 4 is 23.5 Å². The van der Waals surface area contributed by atoms with Crippen molar-refractivity contribution in [3.63, 3.8) is 0 Å². The molecule has 4 rings (SSSR count). The van der Waals surface area contributed by atoms with Crippen molar-refractivity contribution in [3.8, 4) is 5.75 Å². The summed E-state index contributed by atoms with van der Waals surface area (Å²) in [6, 6.07) is 7.40. The minimum atomic E-state index is -0.157. The number of piperazine rings is 1. The Labute approximate surface area is 176 Å². The number of benzene rings is 1. The number of rotatable bonds is 6. The van der Waals surface area contributed by atoms with Crippen LogP contribution in [-0.4, -0.2) is 66.7 Å². The van der Waals surface area contributed by atoms with E-state index in [-0.39, 0.29) is 11.8 Å². The van der Waals surface area contributed by atoms with Crippen LogP contribution in [0.15, 0.2) is 36.7 Å². The van der Waals surface area contributed by atoms with Crippen LogP contribution in [0.25, 0.3) is 0 Å². The largest absolute Gasteiger partial charge is 0.492 e. The standard InChI is InChI=1S/C21H26ClN5O2/c22-18-3-4-19-16(14-18)13-17(15-29-19)20(28)23-7-2-8-26-9-11-27(12-10-26)21-24-5-1-6-25-21/h1,3-6,14,17H,2,7-13,15H2,(H,23,28). The smallest absolute Gasteiger partial charge is 0.226 e. The number of carbonyl (C=O) groups excluding carboxylic acids is 1. The van der Waals surface area contributed by atoms with E-state index in [2.05, 4.69) is 25.1 Å². The summed E-state index contributed by atoms with van der Waals surface area (Å²) in [5, 5.41) is 3.74. The van der Waals surface area contributed by atoms with Crippen LogP contribution in [0, 0.1) is 5.92 Å². The first-order valence-electron chi connectivity index (χ1n) is 10.1. The monoisotopic (exact) mass is 415 g/mol. The van der Waals surface area contributed by atoms with E-state index in [0.717, 1.165) is 56.4 Å². The van der Waals surface area contributed by atoms with Gasteiger partial charge in [0.1, 0.15) is 12.4 Å². The Balaban J connectivity index is 1.15. The third kappa shape index (κ3) is 5.16. The minimum absolute atomic E-state index is 0.0571. The average molecular weight is 416 g/mol. The summed E-state index contributed by atoms with van der Waals surface area (Å²) >= 11 is 6.05. The highest BCUT2D eigenvalue weighted by molar-refractivity contribution is 6.30. The molecular formula is C21H26ClN5O2. The number of nitrogens with one attached hydrogen (secondary N) is 1. The summed E-state index contributed by atoms with van der Waals surface area (Å²) < 4.78 is 5.72. The zero-order valence-electron chi connectivity index (χ0n) is 16.4. The molecule has 1 amide bonds.